The van der Waals surface area contributed by atoms with Gasteiger partial charge in [0.25, 0.3) is 5.91 Å². The topological polar surface area (TPSA) is 58.1 Å². The minimum absolute atomic E-state index is 0.0432. The van der Waals surface area contributed by atoms with Crippen molar-refractivity contribution in [1.82, 2.24) is 20.4 Å². The second-order valence-electron chi connectivity index (χ2n) is 8.67. The van der Waals surface area contributed by atoms with Crippen LogP contribution < -0.4 is 5.43 Å². The van der Waals surface area contributed by atoms with E-state index in [0.29, 0.717) is 12.1 Å². The van der Waals surface area contributed by atoms with Crippen molar-refractivity contribution in [2.24, 2.45) is 0 Å². The van der Waals surface area contributed by atoms with Gasteiger partial charge in [0.1, 0.15) is 12.1 Å². The molecule has 5 nitrogen and oxygen atoms in total. The molecule has 3 aromatic rings. The van der Waals surface area contributed by atoms with Crippen LogP contribution in [-0.4, -0.2) is 20.9 Å². The van der Waals surface area contributed by atoms with Gasteiger partial charge in [-0.3, -0.25) is 9.80 Å². The van der Waals surface area contributed by atoms with Crippen molar-refractivity contribution >= 4 is 5.91 Å². The molecular formula is C27H31FN4O. The number of hydrogen-bond donors (Lipinski definition) is 1. The Hall–Kier alpha value is -3.12. The van der Waals surface area contributed by atoms with Crippen LogP contribution in [0, 0.1) is 5.82 Å². The standard InChI is InChI=1S/C27H31FN4O/c1-2-25(21-9-5-3-6-10-21)31-32(18-20-13-15-23(28)16-14-20)27(33)24-17-29-19-30-26(24)22-11-7-4-8-12-22/h3,5-6,9-10,13-17,19,22,25,31H,2,4,7-8,11-12,18H2,1H3. The van der Waals surface area contributed by atoms with Crippen LogP contribution in [0.25, 0.3) is 0 Å². The van der Waals surface area contributed by atoms with Crippen LogP contribution in [0.3, 0.4) is 0 Å². The zero-order chi connectivity index (χ0) is 23.0. The number of aromatic nitrogens is 2. The number of nitrogens with zero attached hydrogens (tertiary/aromatic N) is 3. The maximum Gasteiger partial charge on any atom is 0.271 e. The van der Waals surface area contributed by atoms with Crippen LogP contribution in [0.1, 0.15) is 84.6 Å². The Bertz CT molecular complexity index is 1040. The van der Waals surface area contributed by atoms with Gasteiger partial charge in [-0.15, -0.1) is 0 Å². The van der Waals surface area contributed by atoms with Gasteiger partial charge < -0.3 is 0 Å². The van der Waals surface area contributed by atoms with Gasteiger partial charge in [0, 0.05) is 12.1 Å². The van der Waals surface area contributed by atoms with Crippen LogP contribution in [-0.2, 0) is 6.54 Å². The SMILES string of the molecule is CCC(NN(Cc1ccc(F)cc1)C(=O)c1cncnc1C1CCCCC1)c1ccccc1. The molecule has 33 heavy (non-hydrogen) atoms. The fourth-order valence-corrected chi connectivity index (χ4v) is 4.57. The highest BCUT2D eigenvalue weighted by atomic mass is 19.1. The van der Waals surface area contributed by atoms with Gasteiger partial charge >= 0.3 is 0 Å². The third-order valence-electron chi connectivity index (χ3n) is 6.39. The summed E-state index contributed by atoms with van der Waals surface area (Å²) in [4.78, 5) is 22.6. The molecule has 0 radical (unpaired) electrons. The number of hydrogen-bond acceptors (Lipinski definition) is 4. The van der Waals surface area contributed by atoms with E-state index >= 15 is 0 Å². The van der Waals surface area contributed by atoms with Gasteiger partial charge in [0.15, 0.2) is 0 Å². The van der Waals surface area contributed by atoms with Gasteiger partial charge in [-0.05, 0) is 42.5 Å². The molecule has 1 aliphatic carbocycles. The number of carbonyl (C=O) groups excluding carboxylic acids is 1. The van der Waals surface area contributed by atoms with E-state index in [-0.39, 0.29) is 23.7 Å². The summed E-state index contributed by atoms with van der Waals surface area (Å²) >= 11 is 0. The van der Waals surface area contributed by atoms with E-state index < -0.39 is 0 Å². The number of benzene rings is 2. The quantitative estimate of drug-likeness (QED) is 0.434. The Morgan fingerprint density at radius 1 is 1.09 bits per heavy atom. The highest BCUT2D eigenvalue weighted by Gasteiger charge is 2.27. The Balaban J connectivity index is 1.65. The minimum Gasteiger partial charge on any atom is -0.269 e. The lowest BCUT2D eigenvalue weighted by molar-refractivity contribution is 0.0589. The van der Waals surface area contributed by atoms with E-state index in [0.717, 1.165) is 48.9 Å². The predicted molar refractivity (Wildman–Crippen MR) is 127 cm³/mol. The highest BCUT2D eigenvalue weighted by Crippen LogP contribution is 2.33. The molecular weight excluding hydrogens is 415 g/mol. The Kier molecular flexibility index (Phi) is 7.79. The maximum absolute atomic E-state index is 13.9. The van der Waals surface area contributed by atoms with Gasteiger partial charge in [0.2, 0.25) is 0 Å². The Labute approximate surface area is 195 Å². The van der Waals surface area contributed by atoms with E-state index in [9.17, 15) is 9.18 Å². The monoisotopic (exact) mass is 446 g/mol. The van der Waals surface area contributed by atoms with Crippen LogP contribution in [0.2, 0.25) is 0 Å². The van der Waals surface area contributed by atoms with Crippen LogP contribution in [0.4, 0.5) is 4.39 Å². The van der Waals surface area contributed by atoms with Crippen molar-refractivity contribution in [3.63, 3.8) is 0 Å². The zero-order valence-electron chi connectivity index (χ0n) is 19.1. The molecule has 1 heterocycles. The average molecular weight is 447 g/mol. The molecule has 1 atom stereocenters. The molecule has 0 saturated heterocycles. The van der Waals surface area contributed by atoms with E-state index in [1.807, 2.05) is 18.2 Å². The molecule has 1 aromatic heterocycles. The third-order valence-corrected chi connectivity index (χ3v) is 6.39. The normalized spacial score (nSPS) is 15.2. The first-order valence-corrected chi connectivity index (χ1v) is 11.8. The summed E-state index contributed by atoms with van der Waals surface area (Å²) in [5.74, 6) is -0.171. The van der Waals surface area contributed by atoms with Crippen molar-refractivity contribution in [3.8, 4) is 0 Å². The number of halogens is 1. The minimum atomic E-state index is -0.295. The number of amides is 1. The van der Waals surface area contributed by atoms with Crippen molar-refractivity contribution in [2.75, 3.05) is 0 Å². The first kappa shape index (κ1) is 23.1. The second kappa shape index (κ2) is 11.1. The lowest BCUT2D eigenvalue weighted by Crippen LogP contribution is -2.44. The largest absolute Gasteiger partial charge is 0.271 e. The number of carbonyl (C=O) groups is 1. The van der Waals surface area contributed by atoms with Crippen LogP contribution >= 0.6 is 0 Å². The van der Waals surface area contributed by atoms with E-state index in [1.165, 1.54) is 24.9 Å². The van der Waals surface area contributed by atoms with Crippen molar-refractivity contribution in [1.29, 1.82) is 0 Å². The van der Waals surface area contributed by atoms with E-state index in [1.54, 1.807) is 23.3 Å². The zero-order valence-corrected chi connectivity index (χ0v) is 19.1. The molecule has 2 aromatic carbocycles. The summed E-state index contributed by atoms with van der Waals surface area (Å²) in [6, 6.07) is 16.3. The summed E-state index contributed by atoms with van der Waals surface area (Å²) < 4.78 is 13.5. The average Bonchev–Trinajstić information content (AvgIpc) is 2.88. The number of nitrogens with one attached hydrogen (secondary N) is 1. The molecule has 1 N–H and O–H groups in total. The first-order chi connectivity index (χ1) is 16.2. The lowest BCUT2D eigenvalue weighted by Gasteiger charge is -2.30. The van der Waals surface area contributed by atoms with Crippen molar-refractivity contribution < 1.29 is 9.18 Å². The molecule has 0 spiro atoms. The van der Waals surface area contributed by atoms with Crippen LogP contribution in [0.5, 0.6) is 0 Å². The summed E-state index contributed by atoms with van der Waals surface area (Å²) in [7, 11) is 0. The molecule has 6 heteroatoms. The Morgan fingerprint density at radius 2 is 1.82 bits per heavy atom. The number of rotatable bonds is 8. The molecule has 1 fully saturated rings. The lowest BCUT2D eigenvalue weighted by atomic mass is 9.85. The fourth-order valence-electron chi connectivity index (χ4n) is 4.57. The molecule has 1 unspecified atom stereocenters. The summed E-state index contributed by atoms with van der Waals surface area (Å²) in [6.07, 6.45) is 9.63. The summed E-state index contributed by atoms with van der Waals surface area (Å²) in [6.45, 7) is 2.39. The third kappa shape index (κ3) is 5.82. The number of hydrazine groups is 1. The molecule has 0 aliphatic heterocycles. The van der Waals surface area contributed by atoms with Crippen LogP contribution in [0.15, 0.2) is 67.1 Å². The molecule has 172 valence electrons. The van der Waals surface area contributed by atoms with Crippen molar-refractivity contribution in [3.05, 3.63) is 95.3 Å². The van der Waals surface area contributed by atoms with Gasteiger partial charge in [0.05, 0.1) is 23.8 Å². The van der Waals surface area contributed by atoms with Gasteiger partial charge in [-0.2, -0.15) is 0 Å². The molecule has 1 amide bonds. The highest BCUT2D eigenvalue weighted by molar-refractivity contribution is 5.94. The fraction of sp³-hybridized carbons (Fsp3) is 0.370. The summed E-state index contributed by atoms with van der Waals surface area (Å²) in [5.41, 5.74) is 6.78. The Morgan fingerprint density at radius 3 is 2.52 bits per heavy atom. The molecule has 1 aliphatic rings. The smallest absolute Gasteiger partial charge is 0.269 e. The summed E-state index contributed by atoms with van der Waals surface area (Å²) in [5, 5.41) is 1.64. The second-order valence-corrected chi connectivity index (χ2v) is 8.67. The molecule has 0 bridgehead atoms. The van der Waals surface area contributed by atoms with E-state index in [4.69, 9.17) is 0 Å². The maximum atomic E-state index is 13.9. The molecule has 4 rings (SSSR count). The van der Waals surface area contributed by atoms with Gasteiger partial charge in [-0.1, -0.05) is 68.7 Å². The van der Waals surface area contributed by atoms with Crippen molar-refractivity contribution in [2.45, 2.75) is 64.0 Å². The molecule has 1 saturated carbocycles. The predicted octanol–water partition coefficient (Wildman–Crippen LogP) is 5.96. The van der Waals surface area contributed by atoms with Gasteiger partial charge in [-0.25, -0.2) is 19.8 Å². The first-order valence-electron chi connectivity index (χ1n) is 11.8. The van der Waals surface area contributed by atoms with E-state index in [2.05, 4.69) is 34.5 Å².